The van der Waals surface area contributed by atoms with E-state index >= 15 is 0 Å². The SMILES string of the molecule is CCCCCCCC(=O)OCC(C)(O)C(C(=O)[O-])C(CC(=O)[O-])C(=O)[O-]. The molecule has 0 aliphatic heterocycles. The van der Waals surface area contributed by atoms with Gasteiger partial charge in [-0.1, -0.05) is 32.6 Å². The van der Waals surface area contributed by atoms with Crippen LogP contribution >= 0.6 is 0 Å². The van der Waals surface area contributed by atoms with Crippen molar-refractivity contribution in [3.8, 4) is 0 Å². The summed E-state index contributed by atoms with van der Waals surface area (Å²) in [4.78, 5) is 44.7. The number of hydrogen-bond donors (Lipinski definition) is 1. The van der Waals surface area contributed by atoms with Crippen LogP contribution in [0.15, 0.2) is 0 Å². The molecule has 0 saturated carbocycles. The van der Waals surface area contributed by atoms with Crippen LogP contribution in [0.5, 0.6) is 0 Å². The molecule has 0 aliphatic carbocycles. The van der Waals surface area contributed by atoms with Gasteiger partial charge in [0.2, 0.25) is 0 Å². The van der Waals surface area contributed by atoms with E-state index in [9.17, 15) is 39.6 Å². The number of rotatable bonds is 14. The number of carbonyl (C=O) groups excluding carboxylic acids is 4. The molecule has 26 heavy (non-hydrogen) atoms. The van der Waals surface area contributed by atoms with E-state index in [1.807, 2.05) is 6.92 Å². The number of esters is 1. The third kappa shape index (κ3) is 8.80. The Morgan fingerprint density at radius 3 is 2.04 bits per heavy atom. The molecular weight excluding hydrogens is 348 g/mol. The Morgan fingerprint density at radius 2 is 1.58 bits per heavy atom. The van der Waals surface area contributed by atoms with Gasteiger partial charge < -0.3 is 39.5 Å². The van der Waals surface area contributed by atoms with Gasteiger partial charge in [0.05, 0.1) is 0 Å². The molecule has 0 bridgehead atoms. The number of carboxylic acids is 3. The molecule has 0 rings (SSSR count). The normalized spacial score (nSPS) is 15.5. The minimum Gasteiger partial charge on any atom is -0.550 e. The first-order valence-corrected chi connectivity index (χ1v) is 8.52. The number of ether oxygens (including phenoxy) is 1. The quantitative estimate of drug-likeness (QED) is 0.256. The van der Waals surface area contributed by atoms with E-state index in [-0.39, 0.29) is 6.42 Å². The first kappa shape index (κ1) is 23.8. The van der Waals surface area contributed by atoms with Crippen molar-refractivity contribution >= 4 is 23.9 Å². The van der Waals surface area contributed by atoms with Crippen LogP contribution < -0.4 is 15.3 Å². The van der Waals surface area contributed by atoms with Gasteiger partial charge in [-0.15, -0.1) is 0 Å². The molecule has 0 amide bonds. The van der Waals surface area contributed by atoms with Gasteiger partial charge in [0.1, 0.15) is 12.2 Å². The number of aliphatic hydroxyl groups is 1. The summed E-state index contributed by atoms with van der Waals surface area (Å²) in [6.07, 6.45) is 3.31. The van der Waals surface area contributed by atoms with Crippen LogP contribution in [0.1, 0.15) is 58.8 Å². The first-order valence-electron chi connectivity index (χ1n) is 8.52. The van der Waals surface area contributed by atoms with Gasteiger partial charge in [-0.25, -0.2) is 0 Å². The van der Waals surface area contributed by atoms with E-state index in [2.05, 4.69) is 0 Å². The van der Waals surface area contributed by atoms with Crippen molar-refractivity contribution < 1.29 is 44.3 Å². The predicted octanol–water partition coefficient (Wildman–Crippen LogP) is -2.49. The first-order chi connectivity index (χ1) is 12.0. The highest BCUT2D eigenvalue weighted by Crippen LogP contribution is 2.28. The summed E-state index contributed by atoms with van der Waals surface area (Å²) in [5.74, 6) is -10.8. The molecule has 1 N–H and O–H groups in total. The number of unbranched alkanes of at least 4 members (excludes halogenated alkanes) is 4. The lowest BCUT2D eigenvalue weighted by atomic mass is 9.78. The van der Waals surface area contributed by atoms with Crippen LogP contribution in [0.2, 0.25) is 0 Å². The van der Waals surface area contributed by atoms with Gasteiger partial charge in [0.15, 0.2) is 0 Å². The third-order valence-electron chi connectivity index (χ3n) is 4.03. The van der Waals surface area contributed by atoms with Gasteiger partial charge in [0, 0.05) is 36.2 Å². The van der Waals surface area contributed by atoms with E-state index in [1.165, 1.54) is 0 Å². The molecule has 9 heteroatoms. The molecule has 3 atom stereocenters. The highest BCUT2D eigenvalue weighted by molar-refractivity contribution is 5.82. The third-order valence-corrected chi connectivity index (χ3v) is 4.03. The second-order valence-electron chi connectivity index (χ2n) is 6.48. The van der Waals surface area contributed by atoms with Crippen molar-refractivity contribution in [1.82, 2.24) is 0 Å². The topological polar surface area (TPSA) is 167 Å². The van der Waals surface area contributed by atoms with E-state index in [1.54, 1.807) is 0 Å². The molecule has 3 unspecified atom stereocenters. The minimum atomic E-state index is -2.36. The van der Waals surface area contributed by atoms with Gasteiger partial charge in [-0.05, 0) is 19.8 Å². The number of carboxylic acid groups (broad SMARTS) is 3. The van der Waals surface area contributed by atoms with Crippen LogP contribution in [-0.2, 0) is 23.9 Å². The van der Waals surface area contributed by atoms with Gasteiger partial charge in [-0.3, -0.25) is 4.79 Å². The lowest BCUT2D eigenvalue weighted by Crippen LogP contribution is -2.57. The predicted molar refractivity (Wildman–Crippen MR) is 81.6 cm³/mol. The lowest BCUT2D eigenvalue weighted by molar-refractivity contribution is -0.337. The Balaban J connectivity index is 4.84. The summed E-state index contributed by atoms with van der Waals surface area (Å²) in [6.45, 7) is 2.15. The maximum atomic E-state index is 11.7. The van der Waals surface area contributed by atoms with Crippen molar-refractivity contribution in [1.29, 1.82) is 0 Å². The summed E-state index contributed by atoms with van der Waals surface area (Å²) < 4.78 is 4.82. The maximum Gasteiger partial charge on any atom is 0.305 e. The van der Waals surface area contributed by atoms with E-state index in [0.29, 0.717) is 6.42 Å². The van der Waals surface area contributed by atoms with Crippen LogP contribution in [-0.4, -0.2) is 41.2 Å². The molecule has 0 aromatic rings. The molecular formula is C17H25O9-3. The number of hydrogen-bond acceptors (Lipinski definition) is 9. The molecule has 0 aromatic heterocycles. The summed E-state index contributed by atoms with van der Waals surface area (Å²) in [7, 11) is 0. The Hall–Kier alpha value is -2.16. The number of aliphatic carboxylic acids is 3. The molecule has 150 valence electrons. The van der Waals surface area contributed by atoms with Gasteiger partial charge in [0.25, 0.3) is 0 Å². The summed E-state index contributed by atoms with van der Waals surface area (Å²) in [5, 5.41) is 43.3. The second kappa shape index (κ2) is 11.5. The average Bonchev–Trinajstić information content (AvgIpc) is 2.51. The maximum absolute atomic E-state index is 11.7. The molecule has 9 nitrogen and oxygen atoms in total. The Labute approximate surface area is 152 Å². The Kier molecular flexibility index (Phi) is 10.5. The summed E-state index contributed by atoms with van der Waals surface area (Å²) in [6, 6.07) is 0. The fraction of sp³-hybridized carbons (Fsp3) is 0.765. The van der Waals surface area contributed by atoms with Crippen molar-refractivity contribution in [2.24, 2.45) is 11.8 Å². The molecule has 0 radical (unpaired) electrons. The molecule has 0 aromatic carbocycles. The van der Waals surface area contributed by atoms with E-state index < -0.39 is 54.3 Å². The number of carbonyl (C=O) groups is 4. The average molecular weight is 373 g/mol. The minimum absolute atomic E-state index is 0.0682. The van der Waals surface area contributed by atoms with Crippen LogP contribution in [0, 0.1) is 11.8 Å². The van der Waals surface area contributed by atoms with Crippen LogP contribution in [0.3, 0.4) is 0 Å². The fourth-order valence-corrected chi connectivity index (χ4v) is 2.63. The summed E-state index contributed by atoms with van der Waals surface area (Å²) >= 11 is 0. The van der Waals surface area contributed by atoms with E-state index in [0.717, 1.165) is 32.6 Å². The Bertz CT molecular complexity index is 498. The van der Waals surface area contributed by atoms with Crippen molar-refractivity contribution in [3.63, 3.8) is 0 Å². The standard InChI is InChI=1S/C17H28O9/c1-3-4-5-6-7-8-13(20)26-10-17(2,25)14(16(23)24)11(15(21)22)9-12(18)19/h11,14,25H,3-10H2,1-2H3,(H,18,19)(H,21,22)(H,23,24)/p-3. The zero-order valence-electron chi connectivity index (χ0n) is 15.0. The Morgan fingerprint density at radius 1 is 1.00 bits per heavy atom. The largest absolute Gasteiger partial charge is 0.550 e. The lowest BCUT2D eigenvalue weighted by Gasteiger charge is -2.39. The van der Waals surface area contributed by atoms with Crippen molar-refractivity contribution in [2.45, 2.75) is 64.4 Å². The van der Waals surface area contributed by atoms with Crippen LogP contribution in [0.25, 0.3) is 0 Å². The van der Waals surface area contributed by atoms with Gasteiger partial charge in [-0.2, -0.15) is 0 Å². The highest BCUT2D eigenvalue weighted by Gasteiger charge is 2.40. The molecule has 0 heterocycles. The summed E-state index contributed by atoms with van der Waals surface area (Å²) in [5.41, 5.74) is -2.36. The van der Waals surface area contributed by atoms with Crippen molar-refractivity contribution in [3.05, 3.63) is 0 Å². The molecule has 0 saturated heterocycles. The van der Waals surface area contributed by atoms with E-state index in [4.69, 9.17) is 4.74 Å². The second-order valence-corrected chi connectivity index (χ2v) is 6.48. The van der Waals surface area contributed by atoms with Gasteiger partial charge >= 0.3 is 5.97 Å². The van der Waals surface area contributed by atoms with Crippen LogP contribution in [0.4, 0.5) is 0 Å². The zero-order valence-corrected chi connectivity index (χ0v) is 15.0. The highest BCUT2D eigenvalue weighted by atomic mass is 16.5. The monoisotopic (exact) mass is 373 g/mol. The fourth-order valence-electron chi connectivity index (χ4n) is 2.63. The molecule has 0 spiro atoms. The smallest absolute Gasteiger partial charge is 0.305 e. The molecule has 0 fully saturated rings. The van der Waals surface area contributed by atoms with Crippen molar-refractivity contribution in [2.75, 3.05) is 6.61 Å². The zero-order chi connectivity index (χ0) is 20.3. The molecule has 0 aliphatic rings.